The normalized spacial score (nSPS) is 20.3. The van der Waals surface area contributed by atoms with E-state index in [2.05, 4.69) is 66.2 Å². The number of nitrogens with zero attached hydrogens (tertiary/aromatic N) is 9. The maximum absolute atomic E-state index is 13.5. The minimum absolute atomic E-state index is 0.0319. The van der Waals surface area contributed by atoms with Gasteiger partial charge in [0, 0.05) is 65.9 Å². The van der Waals surface area contributed by atoms with Crippen molar-refractivity contribution in [1.82, 2.24) is 43.0 Å². The molecule has 0 radical (unpaired) electrons. The summed E-state index contributed by atoms with van der Waals surface area (Å²) in [7, 11) is -7.78. The number of aromatic nitrogens is 6. The van der Waals surface area contributed by atoms with Crippen LogP contribution in [0.2, 0.25) is 15.7 Å². The largest absolute Gasteiger partial charge is 0.354 e. The topological polar surface area (TPSA) is 151 Å². The zero-order chi connectivity index (χ0) is 57.0. The molecular weight excluding hydrogens is 1020 g/mol. The molecule has 14 nitrogen and oxygen atoms in total. The highest BCUT2D eigenvalue weighted by atomic mass is 35.5. The first-order chi connectivity index (χ1) is 37.3. The fourth-order valence-corrected chi connectivity index (χ4v) is 12.2. The van der Waals surface area contributed by atoms with Crippen LogP contribution in [0.15, 0.2) is 144 Å². The molecule has 2 aliphatic rings. The third kappa shape index (κ3) is 12.6. The van der Waals surface area contributed by atoms with Crippen LogP contribution < -0.4 is 10.2 Å². The summed E-state index contributed by atoms with van der Waals surface area (Å²) in [4.78, 5) is 22.5. The maximum atomic E-state index is 13.5. The summed E-state index contributed by atoms with van der Waals surface area (Å²) >= 11 is 18.0. The van der Waals surface area contributed by atoms with Gasteiger partial charge in [-0.05, 0) is 129 Å². The lowest BCUT2D eigenvalue weighted by molar-refractivity contribution is 0.147. The number of rotatable bonds is 11. The van der Waals surface area contributed by atoms with E-state index >= 15 is 0 Å². The Morgan fingerprint density at radius 3 is 1.62 bits per heavy atom. The van der Waals surface area contributed by atoms with Gasteiger partial charge in [-0.2, -0.15) is 15.0 Å². The predicted molar refractivity (Wildman–Crippen MR) is 294 cm³/mol. The standard InChI is InChI=1S/C27H30ClN5O2S.C14H22N2.C13H9Cl2N3O2S/c1-19-9-11-22(12-10-19)36(34,35)33-16-14-23-25(29-27(28)30-26(23)33)31(3)24-18-32(15-13-20(24)2)17-21-7-5-4-6-8-21;1-12-8-9-16(11-14(12)15-2)10-13-6-4-3-5-7-13;1-8-2-4-9(5-3-8)21(19,20)18-7-6-10-11(14)16-13(15)17-12(10)18/h4-12,14,16,20,24H,13,15,17-18H2,1-3H3;3-7,12,14-15H,8-11H2,1-2H3;2-7H,1H3/i3D3;2D3;. The van der Waals surface area contributed by atoms with Crippen molar-refractivity contribution in [3.63, 3.8) is 0 Å². The van der Waals surface area contributed by atoms with Crippen molar-refractivity contribution < 1.29 is 25.1 Å². The quantitative estimate of drug-likeness (QED) is 0.0970. The Labute approximate surface area is 452 Å². The van der Waals surface area contributed by atoms with Gasteiger partial charge in [-0.25, -0.2) is 29.8 Å². The van der Waals surface area contributed by atoms with E-state index in [1.165, 1.54) is 35.0 Å². The molecule has 73 heavy (non-hydrogen) atoms. The fourth-order valence-electron chi connectivity index (χ4n) is 9.00. The molecule has 0 amide bonds. The van der Waals surface area contributed by atoms with Crippen LogP contribution in [0.25, 0.3) is 22.1 Å². The van der Waals surface area contributed by atoms with Gasteiger partial charge in [0.15, 0.2) is 11.3 Å². The van der Waals surface area contributed by atoms with E-state index in [1.807, 2.05) is 57.2 Å². The summed E-state index contributed by atoms with van der Waals surface area (Å²) in [6.45, 7) is 8.09. The van der Waals surface area contributed by atoms with Crippen LogP contribution >= 0.6 is 34.8 Å². The van der Waals surface area contributed by atoms with Gasteiger partial charge in [0.2, 0.25) is 10.6 Å². The smallest absolute Gasteiger partial charge is 0.269 e. The lowest BCUT2D eigenvalue weighted by Crippen LogP contribution is -2.51. The van der Waals surface area contributed by atoms with Crippen LogP contribution in [0.4, 0.5) is 5.82 Å². The van der Waals surface area contributed by atoms with Crippen molar-refractivity contribution in [3.05, 3.63) is 172 Å². The SMILES string of the molecule is Cc1ccc(S(=O)(=O)n2ccc3c(Cl)nc(Cl)nc32)cc1.[2H]C([2H])([2H])N(c1nc(Cl)nc2c1ccn2S(=O)(=O)c1ccc(C)cc1)C1CN(Cc2ccccc2)CCC1C.[2H]C([2H])([2H])NC1CN(Cc2ccccc2)CCC1C. The second-order valence-corrected chi connectivity index (χ2v) is 23.3. The third-order valence-corrected chi connectivity index (χ3v) is 17.3. The molecule has 0 bridgehead atoms. The average Bonchev–Trinajstić information content (AvgIpc) is 4.19. The number of piperidine rings is 2. The van der Waals surface area contributed by atoms with Crippen LogP contribution in [0.3, 0.4) is 0 Å². The first-order valence-electron chi connectivity index (χ1n) is 26.8. The van der Waals surface area contributed by atoms with Crippen molar-refractivity contribution in [2.24, 2.45) is 11.8 Å². The molecule has 4 aromatic heterocycles. The zero-order valence-corrected chi connectivity index (χ0v) is 44.7. The lowest BCUT2D eigenvalue weighted by Gasteiger charge is -2.42. The number of hydrogen-bond acceptors (Lipinski definition) is 12. The van der Waals surface area contributed by atoms with Crippen LogP contribution in [0.5, 0.6) is 0 Å². The highest BCUT2D eigenvalue weighted by Gasteiger charge is 2.32. The van der Waals surface area contributed by atoms with Gasteiger partial charge in [0.05, 0.1) is 20.6 Å². The summed E-state index contributed by atoms with van der Waals surface area (Å²) in [6, 6.07) is 36.1. The van der Waals surface area contributed by atoms with Gasteiger partial charge in [-0.1, -0.05) is 122 Å². The number of aryl methyl sites for hydroxylation is 2. The van der Waals surface area contributed by atoms with Crippen LogP contribution in [-0.4, -0.2) is 107 Å². The molecule has 0 spiro atoms. The number of hydrogen-bond donors (Lipinski definition) is 1. The Kier molecular flexibility index (Phi) is 14.8. The van der Waals surface area contributed by atoms with Gasteiger partial charge in [0.1, 0.15) is 11.0 Å². The van der Waals surface area contributed by atoms with Crippen molar-refractivity contribution in [1.29, 1.82) is 0 Å². The van der Waals surface area contributed by atoms with E-state index in [-0.39, 0.29) is 54.6 Å². The maximum Gasteiger partial charge on any atom is 0.269 e. The monoisotopic (exact) mass is 1090 g/mol. The Bertz CT molecular complexity index is 3600. The molecule has 4 aromatic carbocycles. The van der Waals surface area contributed by atoms with Crippen LogP contribution in [0.1, 0.15) is 57.2 Å². The molecule has 10 rings (SSSR count). The van der Waals surface area contributed by atoms with Crippen molar-refractivity contribution in [2.75, 3.05) is 45.0 Å². The summed E-state index contributed by atoms with van der Waals surface area (Å²) in [5, 5.41) is 3.30. The second-order valence-electron chi connectivity index (χ2n) is 18.6. The highest BCUT2D eigenvalue weighted by Crippen LogP contribution is 2.33. The molecule has 0 aliphatic carbocycles. The molecule has 4 atom stereocenters. The molecule has 8 aromatic rings. The number of likely N-dealkylation sites (N-methyl/N-ethyl adjacent to an activating group) is 2. The molecule has 2 saturated heterocycles. The Morgan fingerprint density at radius 2 is 1.10 bits per heavy atom. The molecule has 384 valence electrons. The predicted octanol–water partition coefficient (Wildman–Crippen LogP) is 10.4. The molecule has 2 aliphatic heterocycles. The van der Waals surface area contributed by atoms with E-state index < -0.39 is 40.0 Å². The Morgan fingerprint density at radius 1 is 0.616 bits per heavy atom. The fraction of sp³-hybridized carbons (Fsp3) is 0.333. The molecule has 4 unspecified atom stereocenters. The average molecular weight is 1090 g/mol. The van der Waals surface area contributed by atoms with E-state index in [4.69, 9.17) is 43.0 Å². The Balaban J connectivity index is 0.000000172. The van der Waals surface area contributed by atoms with E-state index in [1.54, 1.807) is 48.5 Å². The molecule has 0 saturated carbocycles. The van der Waals surface area contributed by atoms with Crippen molar-refractivity contribution in [2.45, 2.75) is 75.5 Å². The summed E-state index contributed by atoms with van der Waals surface area (Å²) < 4.78 is 102. The number of likely N-dealkylation sites (tertiary alicyclic amines) is 2. The number of benzene rings is 4. The van der Waals surface area contributed by atoms with Crippen molar-refractivity contribution >= 4 is 82.7 Å². The van der Waals surface area contributed by atoms with Gasteiger partial charge in [0.25, 0.3) is 20.0 Å². The van der Waals surface area contributed by atoms with Gasteiger partial charge >= 0.3 is 0 Å². The molecule has 19 heteroatoms. The molecule has 1 N–H and O–H groups in total. The number of anilines is 1. The number of halogens is 3. The molecule has 2 fully saturated rings. The highest BCUT2D eigenvalue weighted by molar-refractivity contribution is 7.90. The second kappa shape index (κ2) is 23.4. The summed E-state index contributed by atoms with van der Waals surface area (Å²) in [6.07, 6.45) is 4.60. The zero-order valence-electron chi connectivity index (χ0n) is 46.8. The minimum Gasteiger partial charge on any atom is -0.354 e. The minimum atomic E-state index is -4.01. The van der Waals surface area contributed by atoms with Crippen LogP contribution in [0, 0.1) is 25.7 Å². The Hall–Kier alpha value is -5.43. The molecule has 6 heterocycles. The first kappa shape index (κ1) is 46.1. The van der Waals surface area contributed by atoms with E-state index in [9.17, 15) is 16.8 Å². The third-order valence-electron chi connectivity index (χ3n) is 13.3. The van der Waals surface area contributed by atoms with E-state index in [0.717, 1.165) is 63.7 Å². The van der Waals surface area contributed by atoms with Crippen LogP contribution in [-0.2, 0) is 33.1 Å². The first-order valence-corrected chi connectivity index (χ1v) is 27.8. The lowest BCUT2D eigenvalue weighted by atomic mass is 9.92. The van der Waals surface area contributed by atoms with Gasteiger partial charge in [-0.15, -0.1) is 0 Å². The number of fused-ring (bicyclic) bond motifs is 2. The van der Waals surface area contributed by atoms with E-state index in [0.29, 0.717) is 29.8 Å². The van der Waals surface area contributed by atoms with Gasteiger partial charge < -0.3 is 10.2 Å². The summed E-state index contributed by atoms with van der Waals surface area (Å²) in [5.41, 5.74) is 4.52. The summed E-state index contributed by atoms with van der Waals surface area (Å²) in [5.74, 6) is 0.549. The van der Waals surface area contributed by atoms with Crippen molar-refractivity contribution in [3.8, 4) is 0 Å². The molecular formula is C54H61Cl3N10O4S2. The number of nitrogens with one attached hydrogen (secondary N) is 1. The van der Waals surface area contributed by atoms with Gasteiger partial charge in [-0.3, -0.25) is 9.80 Å².